The van der Waals surface area contributed by atoms with Gasteiger partial charge in [0.05, 0.1) is 0 Å². The Morgan fingerprint density at radius 3 is 2.64 bits per heavy atom. The second-order valence-electron chi connectivity index (χ2n) is 11.0. The van der Waals surface area contributed by atoms with E-state index in [1.807, 2.05) is 6.08 Å². The molecule has 4 aliphatic carbocycles. The number of fused-ring (bicyclic) bond motifs is 5. The number of rotatable bonds is 4. The van der Waals surface area contributed by atoms with Gasteiger partial charge in [0.1, 0.15) is 6.10 Å². The van der Waals surface area contributed by atoms with Crippen molar-refractivity contribution in [3.63, 3.8) is 0 Å². The van der Waals surface area contributed by atoms with Gasteiger partial charge in [-0.25, -0.2) is 0 Å². The number of allylic oxidation sites excluding steroid dienone is 1. The minimum absolute atomic E-state index is 0.00863. The lowest BCUT2D eigenvalue weighted by molar-refractivity contribution is -0.160. The molecule has 28 heavy (non-hydrogen) atoms. The van der Waals surface area contributed by atoms with Crippen molar-refractivity contribution in [1.82, 2.24) is 0 Å². The van der Waals surface area contributed by atoms with Crippen LogP contribution in [0.2, 0.25) is 0 Å². The van der Waals surface area contributed by atoms with Crippen LogP contribution in [-0.2, 0) is 14.3 Å². The molecule has 0 unspecified atom stereocenters. The van der Waals surface area contributed by atoms with Gasteiger partial charge < -0.3 is 4.74 Å². The van der Waals surface area contributed by atoms with E-state index in [-0.39, 0.29) is 22.9 Å². The molecule has 0 heterocycles. The predicted octanol–water partition coefficient (Wildman–Crippen LogP) is 5.87. The van der Waals surface area contributed by atoms with Crippen molar-refractivity contribution in [2.45, 2.75) is 98.0 Å². The van der Waals surface area contributed by atoms with Crippen molar-refractivity contribution >= 4 is 11.8 Å². The zero-order valence-corrected chi connectivity index (χ0v) is 18.3. The van der Waals surface area contributed by atoms with E-state index >= 15 is 0 Å². The third kappa shape index (κ3) is 3.27. The van der Waals surface area contributed by atoms with Crippen molar-refractivity contribution in [3.8, 4) is 0 Å². The number of hydrogen-bond donors (Lipinski definition) is 0. The third-order valence-corrected chi connectivity index (χ3v) is 9.07. The van der Waals surface area contributed by atoms with Crippen LogP contribution in [0, 0.1) is 34.5 Å². The summed E-state index contributed by atoms with van der Waals surface area (Å²) in [5, 5.41) is 0. The third-order valence-electron chi connectivity index (χ3n) is 9.07. The Morgan fingerprint density at radius 2 is 1.89 bits per heavy atom. The average molecular weight is 387 g/mol. The predicted molar refractivity (Wildman–Crippen MR) is 111 cm³/mol. The number of carbonyl (C=O) groups excluding carboxylic acids is 2. The van der Waals surface area contributed by atoms with E-state index in [4.69, 9.17) is 4.74 Å². The molecule has 0 bridgehead atoms. The molecule has 0 N–H and O–H groups in total. The molecule has 0 spiro atoms. The summed E-state index contributed by atoms with van der Waals surface area (Å²) in [6.07, 6.45) is 12.3. The molecule has 3 nitrogen and oxygen atoms in total. The van der Waals surface area contributed by atoms with Gasteiger partial charge in [0.25, 0.3) is 0 Å². The largest absolute Gasteiger partial charge is 0.462 e. The molecule has 0 amide bonds. The molecule has 3 saturated carbocycles. The summed E-state index contributed by atoms with van der Waals surface area (Å²) in [5.74, 6) is 2.99. The number of hydrogen-bond acceptors (Lipinski definition) is 3. The van der Waals surface area contributed by atoms with E-state index in [0.29, 0.717) is 30.0 Å². The molecular weight excluding hydrogens is 348 g/mol. The second-order valence-corrected chi connectivity index (χ2v) is 11.0. The minimum Gasteiger partial charge on any atom is -0.462 e. The first-order valence-corrected chi connectivity index (χ1v) is 11.7. The van der Waals surface area contributed by atoms with Gasteiger partial charge in [-0.1, -0.05) is 33.3 Å². The molecule has 0 aromatic heterocycles. The Morgan fingerprint density at radius 1 is 1.11 bits per heavy atom. The van der Waals surface area contributed by atoms with Crippen molar-refractivity contribution < 1.29 is 14.3 Å². The average Bonchev–Trinajstić information content (AvgIpc) is 2.97. The quantitative estimate of drug-likeness (QED) is 0.568. The first-order chi connectivity index (χ1) is 13.2. The molecule has 0 aromatic carbocycles. The van der Waals surface area contributed by atoms with Crippen LogP contribution in [-0.4, -0.2) is 17.9 Å². The van der Waals surface area contributed by atoms with E-state index in [0.717, 1.165) is 44.4 Å². The number of ketones is 1. The van der Waals surface area contributed by atoms with Crippen molar-refractivity contribution in [2.75, 3.05) is 0 Å². The molecule has 3 heteroatoms. The van der Waals surface area contributed by atoms with Crippen LogP contribution in [0.4, 0.5) is 0 Å². The molecule has 0 aliphatic heterocycles. The fraction of sp³-hybridized carbons (Fsp3) is 0.840. The second kappa shape index (κ2) is 7.29. The molecular formula is C25H38O3. The summed E-state index contributed by atoms with van der Waals surface area (Å²) < 4.78 is 6.06. The van der Waals surface area contributed by atoms with Gasteiger partial charge in [-0.3, -0.25) is 9.59 Å². The van der Waals surface area contributed by atoms with E-state index in [2.05, 4.69) is 27.7 Å². The van der Waals surface area contributed by atoms with E-state index in [1.165, 1.54) is 24.8 Å². The SMILES string of the molecule is CC(C)CCC(=O)O[C@@H]1CC[C@@H]2[C@@H]3CCC4=CC(=O)CC[C@]4(C)[C@@H]3CC[C@@]21C. The Balaban J connectivity index is 1.49. The number of carbonyl (C=O) groups is 2. The van der Waals surface area contributed by atoms with Gasteiger partial charge in [0, 0.05) is 18.3 Å². The van der Waals surface area contributed by atoms with Crippen LogP contribution in [0.15, 0.2) is 11.6 Å². The number of ether oxygens (including phenoxy) is 1. The Bertz CT molecular complexity index is 677. The van der Waals surface area contributed by atoms with Gasteiger partial charge in [0.2, 0.25) is 0 Å². The minimum atomic E-state index is 0.00863. The smallest absolute Gasteiger partial charge is 0.306 e. The molecule has 156 valence electrons. The maximum atomic E-state index is 12.4. The fourth-order valence-corrected chi connectivity index (χ4v) is 7.33. The highest BCUT2D eigenvalue weighted by atomic mass is 16.5. The van der Waals surface area contributed by atoms with E-state index in [1.54, 1.807) is 0 Å². The summed E-state index contributed by atoms with van der Waals surface area (Å²) in [4.78, 5) is 24.4. The van der Waals surface area contributed by atoms with Crippen LogP contribution < -0.4 is 0 Å². The molecule has 0 radical (unpaired) electrons. The lowest BCUT2D eigenvalue weighted by Gasteiger charge is -2.57. The highest BCUT2D eigenvalue weighted by molar-refractivity contribution is 5.91. The fourth-order valence-electron chi connectivity index (χ4n) is 7.33. The zero-order chi connectivity index (χ0) is 20.1. The van der Waals surface area contributed by atoms with Gasteiger partial charge in [0.15, 0.2) is 5.78 Å². The van der Waals surface area contributed by atoms with Gasteiger partial charge >= 0.3 is 5.97 Å². The van der Waals surface area contributed by atoms with Crippen LogP contribution in [0.5, 0.6) is 0 Å². The topological polar surface area (TPSA) is 43.4 Å². The first kappa shape index (κ1) is 20.2. The van der Waals surface area contributed by atoms with Crippen LogP contribution in [0.3, 0.4) is 0 Å². The van der Waals surface area contributed by atoms with Crippen molar-refractivity contribution in [3.05, 3.63) is 11.6 Å². The molecule has 0 saturated heterocycles. The Labute approximate surface area is 170 Å². The molecule has 6 atom stereocenters. The van der Waals surface area contributed by atoms with Crippen LogP contribution in [0.25, 0.3) is 0 Å². The zero-order valence-electron chi connectivity index (χ0n) is 18.3. The van der Waals surface area contributed by atoms with Crippen molar-refractivity contribution in [1.29, 1.82) is 0 Å². The monoisotopic (exact) mass is 386 g/mol. The summed E-state index contributed by atoms with van der Waals surface area (Å²) >= 11 is 0. The summed E-state index contributed by atoms with van der Waals surface area (Å²) in [7, 11) is 0. The maximum Gasteiger partial charge on any atom is 0.306 e. The highest BCUT2D eigenvalue weighted by Crippen LogP contribution is 2.65. The summed E-state index contributed by atoms with van der Waals surface area (Å²) in [6.45, 7) is 9.15. The van der Waals surface area contributed by atoms with Gasteiger partial charge in [-0.05, 0) is 86.5 Å². The number of esters is 1. The van der Waals surface area contributed by atoms with Crippen LogP contribution >= 0.6 is 0 Å². The molecule has 0 aromatic rings. The maximum absolute atomic E-state index is 12.4. The summed E-state index contributed by atoms with van der Waals surface area (Å²) in [6, 6.07) is 0. The van der Waals surface area contributed by atoms with Crippen molar-refractivity contribution in [2.24, 2.45) is 34.5 Å². The lowest BCUT2D eigenvalue weighted by Crippen LogP contribution is -2.51. The van der Waals surface area contributed by atoms with E-state index in [9.17, 15) is 9.59 Å². The van der Waals surface area contributed by atoms with E-state index < -0.39 is 0 Å². The standard InChI is InChI=1S/C25H38O3/c1-16(2)5-10-23(27)28-22-9-8-20-19-7-6-17-15-18(26)11-13-24(17,3)21(19)12-14-25(20,22)4/h15-16,19-22H,5-14H2,1-4H3/t19-,20+,21+,22+,24-,25-/m0/s1. The first-order valence-electron chi connectivity index (χ1n) is 11.7. The Kier molecular flexibility index (Phi) is 5.25. The van der Waals surface area contributed by atoms with Crippen LogP contribution in [0.1, 0.15) is 91.9 Å². The van der Waals surface area contributed by atoms with Gasteiger partial charge in [-0.15, -0.1) is 0 Å². The molecule has 4 rings (SSSR count). The Hall–Kier alpha value is -1.12. The highest BCUT2D eigenvalue weighted by Gasteiger charge is 2.59. The van der Waals surface area contributed by atoms with Gasteiger partial charge in [-0.2, -0.15) is 0 Å². The molecule has 3 fully saturated rings. The lowest BCUT2D eigenvalue weighted by atomic mass is 9.47. The molecule has 4 aliphatic rings. The summed E-state index contributed by atoms with van der Waals surface area (Å²) in [5.41, 5.74) is 1.81. The normalized spacial score (nSPS) is 42.5.